The zero-order chi connectivity index (χ0) is 16.3. The van der Waals surface area contributed by atoms with Crippen LogP contribution in [0.2, 0.25) is 18.1 Å². The fourth-order valence-corrected chi connectivity index (χ4v) is 3.15. The Morgan fingerprint density at radius 3 is 2.14 bits per heavy atom. The van der Waals surface area contributed by atoms with Gasteiger partial charge in [0.15, 0.2) is 8.32 Å². The highest BCUT2D eigenvalue weighted by atomic mass is 28.4. The Morgan fingerprint density at radius 2 is 1.71 bits per heavy atom. The molecule has 1 aromatic rings. The summed E-state index contributed by atoms with van der Waals surface area (Å²) in [4.78, 5) is 0. The van der Waals surface area contributed by atoms with Crippen molar-refractivity contribution < 1.29 is 9.53 Å². The van der Waals surface area contributed by atoms with Gasteiger partial charge in [-0.3, -0.25) is 0 Å². The first-order chi connectivity index (χ1) is 9.60. The van der Waals surface area contributed by atoms with E-state index in [9.17, 15) is 5.11 Å². The second-order valence-electron chi connectivity index (χ2n) is 7.29. The Kier molecular flexibility index (Phi) is 5.97. The minimum absolute atomic E-state index is 0.0139. The molecule has 0 aliphatic rings. The van der Waals surface area contributed by atoms with Crippen LogP contribution in [0.25, 0.3) is 0 Å². The summed E-state index contributed by atoms with van der Waals surface area (Å²) in [7, 11) is -1.97. The second-order valence-corrected chi connectivity index (χ2v) is 12.1. The Hall–Kier alpha value is -0.903. The van der Waals surface area contributed by atoms with E-state index < -0.39 is 14.4 Å². The maximum atomic E-state index is 10.7. The molecule has 21 heavy (non-hydrogen) atoms. The van der Waals surface area contributed by atoms with E-state index in [1.165, 1.54) is 0 Å². The molecule has 0 aliphatic carbocycles. The molecular weight excluding hydrogens is 276 g/mol. The highest BCUT2D eigenvalue weighted by Gasteiger charge is 2.41. The lowest BCUT2D eigenvalue weighted by molar-refractivity contribution is 0.00506. The van der Waals surface area contributed by atoms with Gasteiger partial charge >= 0.3 is 0 Å². The fraction of sp³-hybridized carbons (Fsp3) is 0.556. The molecule has 1 N–H and O–H groups in total. The minimum Gasteiger partial charge on any atom is -0.407 e. The molecule has 0 spiro atoms. The molecule has 0 saturated heterocycles. The van der Waals surface area contributed by atoms with Gasteiger partial charge in [0.2, 0.25) is 0 Å². The number of benzene rings is 1. The Morgan fingerprint density at radius 1 is 1.19 bits per heavy atom. The van der Waals surface area contributed by atoms with E-state index in [0.29, 0.717) is 0 Å². The summed E-state index contributed by atoms with van der Waals surface area (Å²) >= 11 is 0. The first-order valence-electron chi connectivity index (χ1n) is 7.63. The predicted molar refractivity (Wildman–Crippen MR) is 92.8 cm³/mol. The predicted octanol–water partition coefficient (Wildman–Crippen LogP) is 4.93. The molecule has 118 valence electrons. The third kappa shape index (κ3) is 4.53. The van der Waals surface area contributed by atoms with E-state index >= 15 is 0 Å². The molecule has 0 heterocycles. The molecule has 0 saturated carbocycles. The van der Waals surface area contributed by atoms with E-state index in [-0.39, 0.29) is 17.1 Å². The van der Waals surface area contributed by atoms with Crippen LogP contribution >= 0.6 is 0 Å². The molecular formula is C18H30O2Si. The molecule has 0 aliphatic heterocycles. The summed E-state index contributed by atoms with van der Waals surface area (Å²) in [6, 6.07) is 10.0. The van der Waals surface area contributed by atoms with Crippen molar-refractivity contribution in [1.29, 1.82) is 0 Å². The summed E-state index contributed by atoms with van der Waals surface area (Å²) in [5, 5.41) is 10.8. The van der Waals surface area contributed by atoms with Crippen molar-refractivity contribution in [3.8, 4) is 0 Å². The molecule has 0 unspecified atom stereocenters. The third-order valence-electron chi connectivity index (χ3n) is 4.58. The summed E-state index contributed by atoms with van der Waals surface area (Å²) in [5.74, 6) is -0.0139. The number of hydrogen-bond acceptors (Lipinski definition) is 2. The van der Waals surface area contributed by atoms with E-state index in [1.54, 1.807) is 6.08 Å². The summed E-state index contributed by atoms with van der Waals surface area (Å²) in [6.45, 7) is 16.8. The standard InChI is InChI=1S/C18H30O2Si/c1-8-14(2)16(19)17(15-12-10-9-11-13-15)20-21(6,7)18(3,4)5/h8-14,16-17,19H,1H2,2-7H3/t14-,16-,17+/m0/s1. The summed E-state index contributed by atoms with van der Waals surface area (Å²) in [5.41, 5.74) is 1.03. The van der Waals surface area contributed by atoms with Gasteiger partial charge < -0.3 is 9.53 Å². The molecule has 0 amide bonds. The monoisotopic (exact) mass is 306 g/mol. The van der Waals surface area contributed by atoms with E-state index in [4.69, 9.17) is 4.43 Å². The molecule has 3 heteroatoms. The first-order valence-corrected chi connectivity index (χ1v) is 10.5. The molecule has 1 aromatic carbocycles. The highest BCUT2D eigenvalue weighted by molar-refractivity contribution is 6.74. The Bertz CT molecular complexity index is 448. The second kappa shape index (κ2) is 6.90. The van der Waals surface area contributed by atoms with Crippen LogP contribution in [0.3, 0.4) is 0 Å². The quantitative estimate of drug-likeness (QED) is 0.596. The van der Waals surface area contributed by atoms with Gasteiger partial charge in [0.25, 0.3) is 0 Å². The lowest BCUT2D eigenvalue weighted by atomic mass is 9.95. The largest absolute Gasteiger partial charge is 0.407 e. The van der Waals surface area contributed by atoms with Gasteiger partial charge in [-0.1, -0.05) is 64.1 Å². The maximum Gasteiger partial charge on any atom is 0.193 e. The average molecular weight is 307 g/mol. The van der Waals surface area contributed by atoms with Crippen molar-refractivity contribution in [2.45, 2.75) is 58.0 Å². The van der Waals surface area contributed by atoms with Gasteiger partial charge in [-0.15, -0.1) is 6.58 Å². The van der Waals surface area contributed by atoms with Crippen LogP contribution in [0.5, 0.6) is 0 Å². The van der Waals surface area contributed by atoms with Gasteiger partial charge in [0.05, 0.1) is 12.2 Å². The zero-order valence-corrected chi connectivity index (χ0v) is 15.3. The summed E-state index contributed by atoms with van der Waals surface area (Å²) < 4.78 is 6.51. The number of rotatable bonds is 6. The van der Waals surface area contributed by atoms with Gasteiger partial charge in [-0.2, -0.15) is 0 Å². The molecule has 3 atom stereocenters. The molecule has 0 bridgehead atoms. The highest BCUT2D eigenvalue weighted by Crippen LogP contribution is 2.41. The van der Waals surface area contributed by atoms with Gasteiger partial charge in [-0.05, 0) is 23.7 Å². The number of aliphatic hydroxyl groups excluding tert-OH is 1. The van der Waals surface area contributed by atoms with E-state index in [1.807, 2.05) is 37.3 Å². The van der Waals surface area contributed by atoms with Crippen molar-refractivity contribution in [2.75, 3.05) is 0 Å². The van der Waals surface area contributed by atoms with Crippen LogP contribution in [0, 0.1) is 5.92 Å². The molecule has 0 fully saturated rings. The Labute approximate surface area is 131 Å². The van der Waals surface area contributed by atoms with Crippen molar-refractivity contribution >= 4 is 8.32 Å². The molecule has 0 radical (unpaired) electrons. The van der Waals surface area contributed by atoms with Gasteiger partial charge in [-0.25, -0.2) is 0 Å². The maximum absolute atomic E-state index is 10.7. The van der Waals surface area contributed by atoms with Crippen molar-refractivity contribution in [2.24, 2.45) is 5.92 Å². The van der Waals surface area contributed by atoms with Crippen LogP contribution in [0.15, 0.2) is 43.0 Å². The number of hydrogen-bond donors (Lipinski definition) is 1. The fourth-order valence-electron chi connectivity index (χ4n) is 1.89. The van der Waals surface area contributed by atoms with Crippen LogP contribution in [-0.2, 0) is 4.43 Å². The summed E-state index contributed by atoms with van der Waals surface area (Å²) in [6.07, 6.45) is 0.898. The normalized spacial score (nSPS) is 17.1. The van der Waals surface area contributed by atoms with Crippen LogP contribution in [-0.4, -0.2) is 19.5 Å². The third-order valence-corrected chi connectivity index (χ3v) is 9.03. The lowest BCUT2D eigenvalue weighted by Gasteiger charge is -2.41. The van der Waals surface area contributed by atoms with Crippen LogP contribution < -0.4 is 0 Å². The molecule has 0 aromatic heterocycles. The van der Waals surface area contributed by atoms with Gasteiger partial charge in [0, 0.05) is 5.92 Å². The zero-order valence-electron chi connectivity index (χ0n) is 14.3. The lowest BCUT2D eigenvalue weighted by Crippen LogP contribution is -2.44. The number of aliphatic hydroxyl groups is 1. The van der Waals surface area contributed by atoms with Gasteiger partial charge in [0.1, 0.15) is 0 Å². The topological polar surface area (TPSA) is 29.5 Å². The SMILES string of the molecule is C=C[C@H](C)[C@H](O)[C@H](O[Si](C)(C)C(C)(C)C)c1ccccc1. The minimum atomic E-state index is -1.97. The van der Waals surface area contributed by atoms with E-state index in [2.05, 4.69) is 40.4 Å². The van der Waals surface area contributed by atoms with Crippen LogP contribution in [0.4, 0.5) is 0 Å². The Balaban J connectivity index is 3.12. The smallest absolute Gasteiger partial charge is 0.193 e. The molecule has 1 rings (SSSR count). The van der Waals surface area contributed by atoms with Crippen molar-refractivity contribution in [1.82, 2.24) is 0 Å². The first kappa shape index (κ1) is 18.1. The van der Waals surface area contributed by atoms with Crippen LogP contribution in [0.1, 0.15) is 39.4 Å². The van der Waals surface area contributed by atoms with Crippen molar-refractivity contribution in [3.63, 3.8) is 0 Å². The average Bonchev–Trinajstić information content (AvgIpc) is 2.43. The van der Waals surface area contributed by atoms with E-state index in [0.717, 1.165) is 5.56 Å². The van der Waals surface area contributed by atoms with Crippen molar-refractivity contribution in [3.05, 3.63) is 48.6 Å². The molecule has 2 nitrogen and oxygen atoms in total.